The molecule has 6 nitrogen and oxygen atoms in total. The minimum absolute atomic E-state index is 1.17. The molecule has 6 heteroatoms. The fourth-order valence-electron chi connectivity index (χ4n) is 22.0. The molecule has 0 fully saturated rings. The van der Waals surface area contributed by atoms with Crippen LogP contribution in [-0.4, -0.2) is 27.4 Å². The van der Waals surface area contributed by atoms with Crippen LogP contribution in [0.15, 0.2) is 497 Å². The van der Waals surface area contributed by atoms with Crippen molar-refractivity contribution in [2.24, 2.45) is 0 Å². The van der Waals surface area contributed by atoms with E-state index in [1.54, 1.807) is 0 Å². The molecule has 0 saturated carbocycles. The Morgan fingerprint density at radius 1 is 0.0970 bits per heavy atom. The van der Waals surface area contributed by atoms with E-state index in [9.17, 15) is 0 Å². The lowest BCUT2D eigenvalue weighted by molar-refractivity contribution is 1.18. The molecule has 0 radical (unpaired) electrons. The zero-order valence-electron chi connectivity index (χ0n) is 73.0. The number of rotatable bonds is 9. The lowest BCUT2D eigenvalue weighted by Gasteiger charge is -2.11. The number of hydrogen-bond acceptors (Lipinski definition) is 0. The number of hydrogen-bond donors (Lipinski definition) is 0. The first-order valence-electron chi connectivity index (χ1n) is 46.2. The molecule has 134 heavy (non-hydrogen) atoms. The van der Waals surface area contributed by atoms with Gasteiger partial charge in [0.15, 0.2) is 0 Å². The van der Waals surface area contributed by atoms with Crippen LogP contribution in [0.1, 0.15) is 0 Å². The van der Waals surface area contributed by atoms with Gasteiger partial charge in [0.05, 0.1) is 66.2 Å². The van der Waals surface area contributed by atoms with Gasteiger partial charge in [-0.1, -0.05) is 328 Å². The van der Waals surface area contributed by atoms with Gasteiger partial charge in [-0.3, -0.25) is 0 Å². The van der Waals surface area contributed by atoms with E-state index < -0.39 is 0 Å². The average molecular weight is 1700 g/mol. The van der Waals surface area contributed by atoms with Crippen LogP contribution < -0.4 is 0 Å². The zero-order chi connectivity index (χ0) is 88.0. The molecule has 23 aromatic carbocycles. The van der Waals surface area contributed by atoms with E-state index in [0.29, 0.717) is 0 Å². The van der Waals surface area contributed by atoms with Crippen LogP contribution in [0.3, 0.4) is 0 Å². The van der Waals surface area contributed by atoms with Crippen molar-refractivity contribution in [3.8, 4) is 67.5 Å². The maximum atomic E-state index is 2.42. The number of fused-ring (bicyclic) bond motifs is 26. The summed E-state index contributed by atoms with van der Waals surface area (Å²) in [6, 6.07) is 181. The third kappa shape index (κ3) is 12.3. The number of benzene rings is 23. The molecule has 29 aromatic rings. The van der Waals surface area contributed by atoms with Gasteiger partial charge in [-0.2, -0.15) is 0 Å². The Kier molecular flexibility index (Phi) is 17.6. The second kappa shape index (κ2) is 31.0. The molecule has 0 amide bonds. The second-order valence-electron chi connectivity index (χ2n) is 35.4. The first-order valence-corrected chi connectivity index (χ1v) is 46.2. The van der Waals surface area contributed by atoms with Crippen LogP contribution >= 0.6 is 0 Å². The van der Waals surface area contributed by atoms with Crippen molar-refractivity contribution >= 4 is 185 Å². The summed E-state index contributed by atoms with van der Waals surface area (Å²) in [4.78, 5) is 0. The van der Waals surface area contributed by atoms with Crippen LogP contribution in [-0.2, 0) is 0 Å². The molecule has 0 aliphatic rings. The molecule has 0 aliphatic carbocycles. The largest absolute Gasteiger partial charge is 0.309 e. The number of para-hydroxylation sites is 10. The first kappa shape index (κ1) is 76.2. The Hall–Kier alpha value is -17.8. The summed E-state index contributed by atoms with van der Waals surface area (Å²) in [5.41, 5.74) is 29.1. The minimum atomic E-state index is 1.17. The van der Waals surface area contributed by atoms with Crippen molar-refractivity contribution in [2.45, 2.75) is 0 Å². The maximum Gasteiger partial charge on any atom is 0.0547 e. The Bertz CT molecular complexity index is 9820. The highest BCUT2D eigenvalue weighted by atomic mass is 15.0. The number of aromatic nitrogens is 6. The summed E-state index contributed by atoms with van der Waals surface area (Å²) in [5.74, 6) is 0. The van der Waals surface area contributed by atoms with Gasteiger partial charge >= 0.3 is 0 Å². The molecule has 0 spiro atoms. The van der Waals surface area contributed by atoms with Crippen molar-refractivity contribution in [1.82, 2.24) is 27.4 Å². The lowest BCUT2D eigenvalue weighted by atomic mass is 9.97. The van der Waals surface area contributed by atoms with Crippen LogP contribution in [0.5, 0.6) is 0 Å². The predicted octanol–water partition coefficient (Wildman–Crippen LogP) is 34.4. The molecule has 0 saturated heterocycles. The van der Waals surface area contributed by atoms with Crippen LogP contribution in [0.25, 0.3) is 252 Å². The Morgan fingerprint density at radius 3 is 0.746 bits per heavy atom. The van der Waals surface area contributed by atoms with Gasteiger partial charge in [-0.05, 0) is 257 Å². The summed E-state index contributed by atoms with van der Waals surface area (Å²) < 4.78 is 14.4. The fourth-order valence-corrected chi connectivity index (χ4v) is 22.0. The molecule has 6 aromatic heterocycles. The van der Waals surface area contributed by atoms with E-state index in [1.807, 2.05) is 0 Å². The predicted molar refractivity (Wildman–Crippen MR) is 569 cm³/mol. The smallest absolute Gasteiger partial charge is 0.0547 e. The minimum Gasteiger partial charge on any atom is -0.309 e. The van der Waals surface area contributed by atoms with E-state index in [4.69, 9.17) is 0 Å². The molecule has 0 aliphatic heterocycles. The van der Waals surface area contributed by atoms with Gasteiger partial charge in [0.2, 0.25) is 0 Å². The summed E-state index contributed by atoms with van der Waals surface area (Å²) in [6.07, 6.45) is 0. The van der Waals surface area contributed by atoms with E-state index >= 15 is 0 Å². The summed E-state index contributed by atoms with van der Waals surface area (Å²) in [7, 11) is 0. The van der Waals surface area contributed by atoms with Gasteiger partial charge in [0, 0.05) is 98.8 Å². The fraction of sp³-hybridized carbons (Fsp3) is 0. The normalized spacial score (nSPS) is 11.9. The standard InChI is InChI=1S/2C44H28N2.C40H26N2/c1-2-12-34(13-3-1)45-40-16-8-6-14-36(40)39-28-33(22-24-42(39)45)32-19-18-30-21-25-43-44(38(30)27-32)37-15-7-9-17-41(37)46(43)35-23-20-29-10-4-5-11-31(29)26-35;1-2-12-34(13-3-1)45-40-16-8-6-14-36(40)37-24-21-33(28-43(37)45)32-19-18-30-22-25-42-44(39(30)27-32)38-15-7-9-17-41(38)46(42)35-23-20-29-10-4-5-11-31(29)26-35;1-3-11-30(12-4-1)41-37-18-10-8-16-35(37)40-32-22-19-27(25-29(32)21-24-38(40)41)28-20-23-34-33-15-7-9-17-36(33)42(39(34)26-28)31-13-5-2-6-14-31/h2*1-28H;1-26H. The van der Waals surface area contributed by atoms with Crippen LogP contribution in [0.4, 0.5) is 0 Å². The molecule has 0 unspecified atom stereocenters. The lowest BCUT2D eigenvalue weighted by Crippen LogP contribution is -1.94. The van der Waals surface area contributed by atoms with Crippen LogP contribution in [0, 0.1) is 0 Å². The molecule has 0 N–H and O–H groups in total. The van der Waals surface area contributed by atoms with E-state index in [1.165, 1.54) is 252 Å². The summed E-state index contributed by atoms with van der Waals surface area (Å²) in [6.45, 7) is 0. The van der Waals surface area contributed by atoms with Gasteiger partial charge in [-0.15, -0.1) is 0 Å². The highest BCUT2D eigenvalue weighted by Crippen LogP contribution is 2.47. The quantitative estimate of drug-likeness (QED) is 0.138. The van der Waals surface area contributed by atoms with E-state index in [2.05, 4.69) is 525 Å². The van der Waals surface area contributed by atoms with Crippen molar-refractivity contribution in [3.63, 3.8) is 0 Å². The van der Waals surface area contributed by atoms with Gasteiger partial charge in [0.1, 0.15) is 0 Å². The third-order valence-electron chi connectivity index (χ3n) is 28.0. The molecule has 0 atom stereocenters. The molecule has 29 rings (SSSR count). The second-order valence-corrected chi connectivity index (χ2v) is 35.4. The molecule has 6 heterocycles. The van der Waals surface area contributed by atoms with Crippen LogP contribution in [0.2, 0.25) is 0 Å². The molecule has 0 bridgehead atoms. The molecular weight excluding hydrogens is 1620 g/mol. The first-order chi connectivity index (χ1) is 66.5. The van der Waals surface area contributed by atoms with E-state index in [0.717, 1.165) is 0 Å². The van der Waals surface area contributed by atoms with Crippen molar-refractivity contribution < 1.29 is 0 Å². The molecular formula is C128H82N6. The molecule has 624 valence electrons. The summed E-state index contributed by atoms with van der Waals surface area (Å²) >= 11 is 0. The monoisotopic (exact) mass is 1700 g/mol. The Morgan fingerprint density at radius 2 is 0.336 bits per heavy atom. The van der Waals surface area contributed by atoms with Gasteiger partial charge in [-0.25, -0.2) is 0 Å². The zero-order valence-corrected chi connectivity index (χ0v) is 73.0. The number of nitrogens with zero attached hydrogens (tertiary/aromatic N) is 6. The van der Waals surface area contributed by atoms with Crippen molar-refractivity contribution in [1.29, 1.82) is 0 Å². The topological polar surface area (TPSA) is 29.6 Å². The Labute approximate surface area is 771 Å². The van der Waals surface area contributed by atoms with Crippen molar-refractivity contribution in [2.75, 3.05) is 0 Å². The van der Waals surface area contributed by atoms with E-state index in [-0.39, 0.29) is 0 Å². The summed E-state index contributed by atoms with van der Waals surface area (Å²) in [5, 5.41) is 27.9. The van der Waals surface area contributed by atoms with Gasteiger partial charge in [0.25, 0.3) is 0 Å². The van der Waals surface area contributed by atoms with Crippen molar-refractivity contribution in [3.05, 3.63) is 497 Å². The average Bonchev–Trinajstić information content (AvgIpc) is 1.57. The maximum absolute atomic E-state index is 2.42. The highest BCUT2D eigenvalue weighted by Gasteiger charge is 2.24. The third-order valence-corrected chi connectivity index (χ3v) is 28.0. The SMILES string of the molecule is c1ccc(-n2c3ccccc3c3cc(-c4ccc5ccc6c(c5c4)c4ccccc4n6-c4ccc5ccccc5c4)ccc32)cc1.c1ccc(-n2c3ccccc3c3ccc(-c4ccc5c(ccc6c5c5ccccc5n6-c5ccccc5)c4)cc32)cc1.c1ccc(-n2c3ccccc3c3ccc(-c4ccc5ccc6c(c5c4)c4ccccc4n6-c4ccc5ccccc5c4)cc32)cc1. The highest BCUT2D eigenvalue weighted by molar-refractivity contribution is 6.26. The Balaban J connectivity index is 0.000000102. The van der Waals surface area contributed by atoms with Gasteiger partial charge < -0.3 is 27.4 Å².